The van der Waals surface area contributed by atoms with Crippen LogP contribution in [-0.2, 0) is 4.74 Å². The predicted molar refractivity (Wildman–Crippen MR) is 43.5 cm³/mol. The molecule has 1 heterocycles. The molecule has 3 atom stereocenters. The van der Waals surface area contributed by atoms with E-state index in [1.165, 1.54) is 0 Å². The fourth-order valence-electron chi connectivity index (χ4n) is 1.53. The van der Waals surface area contributed by atoms with Gasteiger partial charge in [0.1, 0.15) is 0 Å². The number of halogens is 1. The van der Waals surface area contributed by atoms with Crippen LogP contribution in [0.15, 0.2) is 0 Å². The van der Waals surface area contributed by atoms with Gasteiger partial charge in [-0.05, 0) is 19.8 Å². The molecule has 0 amide bonds. The predicted octanol–water partition coefficient (Wildman–Crippen LogP) is 2.43. The molecular weight excluding hydrogens is 148 g/mol. The van der Waals surface area contributed by atoms with Gasteiger partial charge in [0.15, 0.2) is 0 Å². The van der Waals surface area contributed by atoms with Crippen LogP contribution in [0.3, 0.4) is 0 Å². The molecule has 0 aromatic heterocycles. The Morgan fingerprint density at radius 2 is 2.40 bits per heavy atom. The van der Waals surface area contributed by atoms with Crippen LogP contribution in [0.1, 0.15) is 26.7 Å². The molecule has 0 aromatic carbocycles. The summed E-state index contributed by atoms with van der Waals surface area (Å²) in [6.07, 6.45) is 2.57. The minimum absolute atomic E-state index is 0.317. The quantitative estimate of drug-likeness (QED) is 0.567. The van der Waals surface area contributed by atoms with Crippen molar-refractivity contribution in [3.63, 3.8) is 0 Å². The molecule has 1 aliphatic heterocycles. The maximum absolute atomic E-state index is 6.09. The fraction of sp³-hybridized carbons (Fsp3) is 1.00. The van der Waals surface area contributed by atoms with Gasteiger partial charge >= 0.3 is 0 Å². The third-order valence-corrected chi connectivity index (χ3v) is 2.92. The van der Waals surface area contributed by atoms with Gasteiger partial charge in [0.25, 0.3) is 0 Å². The highest BCUT2D eigenvalue weighted by atomic mass is 35.5. The molecule has 0 saturated carbocycles. The van der Waals surface area contributed by atoms with Crippen LogP contribution in [0.4, 0.5) is 0 Å². The Balaban J connectivity index is 2.38. The van der Waals surface area contributed by atoms with Crippen LogP contribution in [-0.4, -0.2) is 18.1 Å². The lowest BCUT2D eigenvalue weighted by molar-refractivity contribution is 0.104. The van der Waals surface area contributed by atoms with Crippen molar-refractivity contribution in [3.8, 4) is 0 Å². The van der Waals surface area contributed by atoms with Crippen LogP contribution in [0.2, 0.25) is 0 Å². The molecule has 10 heavy (non-hydrogen) atoms. The third kappa shape index (κ3) is 1.64. The molecule has 0 bridgehead atoms. The van der Waals surface area contributed by atoms with Gasteiger partial charge in [0, 0.05) is 17.9 Å². The van der Waals surface area contributed by atoms with Gasteiger partial charge in [-0.2, -0.15) is 0 Å². The number of hydrogen-bond donors (Lipinski definition) is 0. The summed E-state index contributed by atoms with van der Waals surface area (Å²) in [7, 11) is 0. The molecule has 0 N–H and O–H groups in total. The number of rotatable bonds is 2. The smallest absolute Gasteiger partial charge is 0.0590 e. The van der Waals surface area contributed by atoms with Gasteiger partial charge in [-0.1, -0.05) is 6.92 Å². The van der Waals surface area contributed by atoms with Crippen molar-refractivity contribution in [1.82, 2.24) is 0 Å². The van der Waals surface area contributed by atoms with Crippen molar-refractivity contribution in [2.75, 3.05) is 6.61 Å². The highest BCUT2D eigenvalue weighted by molar-refractivity contribution is 6.20. The minimum Gasteiger partial charge on any atom is -0.378 e. The first-order valence-corrected chi connectivity index (χ1v) is 4.45. The highest BCUT2D eigenvalue weighted by Crippen LogP contribution is 2.28. The van der Waals surface area contributed by atoms with E-state index in [2.05, 4.69) is 13.8 Å². The van der Waals surface area contributed by atoms with E-state index < -0.39 is 0 Å². The van der Waals surface area contributed by atoms with E-state index in [1.54, 1.807) is 0 Å². The van der Waals surface area contributed by atoms with Gasteiger partial charge in [0.2, 0.25) is 0 Å². The lowest BCUT2D eigenvalue weighted by Crippen LogP contribution is -2.21. The van der Waals surface area contributed by atoms with Crippen molar-refractivity contribution in [2.24, 2.45) is 5.92 Å². The topological polar surface area (TPSA) is 9.23 Å². The van der Waals surface area contributed by atoms with Crippen LogP contribution in [0, 0.1) is 5.92 Å². The van der Waals surface area contributed by atoms with Crippen LogP contribution >= 0.6 is 11.6 Å². The normalized spacial score (nSPS) is 36.3. The Kier molecular flexibility index (Phi) is 2.99. The molecule has 1 unspecified atom stereocenters. The van der Waals surface area contributed by atoms with E-state index in [4.69, 9.17) is 16.3 Å². The van der Waals surface area contributed by atoms with Crippen LogP contribution < -0.4 is 0 Å². The summed E-state index contributed by atoms with van der Waals surface area (Å²) in [6.45, 7) is 5.14. The molecule has 60 valence electrons. The van der Waals surface area contributed by atoms with E-state index in [-0.39, 0.29) is 0 Å². The minimum atomic E-state index is 0.317. The zero-order valence-electron chi connectivity index (χ0n) is 6.64. The summed E-state index contributed by atoms with van der Waals surface area (Å²) >= 11 is 6.09. The van der Waals surface area contributed by atoms with Crippen LogP contribution in [0.25, 0.3) is 0 Å². The molecular formula is C8H15ClO. The first-order chi connectivity index (χ1) is 4.75. The first-order valence-electron chi connectivity index (χ1n) is 4.01. The van der Waals surface area contributed by atoms with Crippen molar-refractivity contribution in [1.29, 1.82) is 0 Å². The van der Waals surface area contributed by atoms with Crippen molar-refractivity contribution in [2.45, 2.75) is 38.2 Å². The maximum Gasteiger partial charge on any atom is 0.0590 e. The number of ether oxygens (including phenoxy) is 1. The van der Waals surface area contributed by atoms with Gasteiger partial charge in [0.05, 0.1) is 6.10 Å². The molecule has 2 heteroatoms. The van der Waals surface area contributed by atoms with Gasteiger partial charge in [-0.15, -0.1) is 11.6 Å². The number of hydrogen-bond acceptors (Lipinski definition) is 1. The van der Waals surface area contributed by atoms with Gasteiger partial charge in [-0.25, -0.2) is 0 Å². The zero-order chi connectivity index (χ0) is 7.56. The summed E-state index contributed by atoms with van der Waals surface area (Å²) in [6, 6.07) is 0. The first kappa shape index (κ1) is 8.35. The van der Waals surface area contributed by atoms with E-state index in [0.717, 1.165) is 19.4 Å². The van der Waals surface area contributed by atoms with Gasteiger partial charge < -0.3 is 4.74 Å². The van der Waals surface area contributed by atoms with Crippen molar-refractivity contribution < 1.29 is 4.74 Å². The second-order valence-corrected chi connectivity index (χ2v) is 3.51. The molecule has 1 aliphatic rings. The Labute approximate surface area is 67.7 Å². The fourth-order valence-corrected chi connectivity index (χ4v) is 1.86. The second kappa shape index (κ2) is 3.59. The van der Waals surface area contributed by atoms with E-state index in [0.29, 0.717) is 17.4 Å². The molecule has 1 saturated heterocycles. The molecule has 0 radical (unpaired) electrons. The number of alkyl halides is 1. The summed E-state index contributed by atoms with van der Waals surface area (Å²) in [4.78, 5) is 0. The SMILES string of the molecule is CCC(Cl)[C@@H]1CCO[C@@H]1C. The van der Waals surface area contributed by atoms with Gasteiger partial charge in [-0.3, -0.25) is 0 Å². The Morgan fingerprint density at radius 3 is 2.80 bits per heavy atom. The summed E-state index contributed by atoms with van der Waals surface area (Å²) < 4.78 is 5.40. The lowest BCUT2D eigenvalue weighted by Gasteiger charge is -2.17. The highest BCUT2D eigenvalue weighted by Gasteiger charge is 2.29. The Hall–Kier alpha value is 0.250. The largest absolute Gasteiger partial charge is 0.378 e. The Bertz CT molecular complexity index is 105. The van der Waals surface area contributed by atoms with E-state index in [9.17, 15) is 0 Å². The average Bonchev–Trinajstić information content (AvgIpc) is 2.34. The second-order valence-electron chi connectivity index (χ2n) is 2.95. The summed E-state index contributed by atoms with van der Waals surface area (Å²) in [5.74, 6) is 0.590. The average molecular weight is 163 g/mol. The zero-order valence-corrected chi connectivity index (χ0v) is 7.40. The molecule has 1 rings (SSSR count). The third-order valence-electron chi connectivity index (χ3n) is 2.29. The summed E-state index contributed by atoms with van der Waals surface area (Å²) in [5, 5.41) is 0.317. The van der Waals surface area contributed by atoms with E-state index >= 15 is 0 Å². The lowest BCUT2D eigenvalue weighted by atomic mass is 9.97. The standard InChI is InChI=1S/C8H15ClO/c1-3-8(9)7-4-5-10-6(7)2/h6-8H,3-5H2,1-2H3/t6-,7-,8?/m1/s1. The Morgan fingerprint density at radius 1 is 1.70 bits per heavy atom. The molecule has 1 nitrogen and oxygen atoms in total. The van der Waals surface area contributed by atoms with Crippen LogP contribution in [0.5, 0.6) is 0 Å². The molecule has 0 aliphatic carbocycles. The molecule has 1 fully saturated rings. The maximum atomic E-state index is 6.09. The van der Waals surface area contributed by atoms with Crippen molar-refractivity contribution >= 4 is 11.6 Å². The molecule has 0 aromatic rings. The van der Waals surface area contributed by atoms with Crippen molar-refractivity contribution in [3.05, 3.63) is 0 Å². The monoisotopic (exact) mass is 162 g/mol. The molecule has 0 spiro atoms. The van der Waals surface area contributed by atoms with E-state index in [1.807, 2.05) is 0 Å². The summed E-state index contributed by atoms with van der Waals surface area (Å²) in [5.41, 5.74) is 0.